The van der Waals surface area contributed by atoms with Crippen molar-refractivity contribution in [1.82, 2.24) is 39.3 Å². The molecule has 3 aliphatic heterocycles. The molecule has 4 amide bonds. The second kappa shape index (κ2) is 11.3. The van der Waals surface area contributed by atoms with Crippen LogP contribution in [0.2, 0.25) is 0 Å². The van der Waals surface area contributed by atoms with Crippen LogP contribution in [0.1, 0.15) is 66.4 Å². The Balaban J connectivity index is 0.802. The number of imidazole rings is 1. The number of para-hydroxylation sites is 1. The zero-order chi connectivity index (χ0) is 36.3. The largest absolute Gasteiger partial charge is 0.370 e. The number of carbonyl (C=O) groups is 4. The number of nitrogens with one attached hydrogen (secondary N) is 3. The van der Waals surface area contributed by atoms with E-state index in [0.717, 1.165) is 5.69 Å². The predicted molar refractivity (Wildman–Crippen MR) is 182 cm³/mol. The Morgan fingerprint density at radius 1 is 1.08 bits per heavy atom. The molecule has 4 fully saturated rings. The lowest BCUT2D eigenvalue weighted by Crippen LogP contribution is -2.54. The molecule has 5 aliphatic rings. The lowest BCUT2D eigenvalue weighted by atomic mass is 9.87. The normalized spacial score (nSPS) is 25.8. The average molecular weight is 717 g/mol. The van der Waals surface area contributed by atoms with Crippen molar-refractivity contribution in [1.29, 1.82) is 0 Å². The van der Waals surface area contributed by atoms with Crippen LogP contribution in [0.25, 0.3) is 11.0 Å². The van der Waals surface area contributed by atoms with Gasteiger partial charge in [-0.25, -0.2) is 13.6 Å². The molecule has 1 saturated carbocycles. The summed E-state index contributed by atoms with van der Waals surface area (Å²) >= 11 is 0. The quantitative estimate of drug-likeness (QED) is 0.255. The Kier molecular flexibility index (Phi) is 7.09. The molecule has 3 saturated heterocycles. The summed E-state index contributed by atoms with van der Waals surface area (Å²) < 4.78 is 33.4. The zero-order valence-electron chi connectivity index (χ0n) is 28.7. The van der Waals surface area contributed by atoms with Gasteiger partial charge in [0, 0.05) is 80.8 Å². The van der Waals surface area contributed by atoms with Crippen LogP contribution in [0.4, 0.5) is 20.2 Å². The van der Waals surface area contributed by atoms with Crippen molar-refractivity contribution in [2.75, 3.05) is 36.4 Å². The number of anilines is 2. The Hall–Kier alpha value is -5.35. The highest BCUT2D eigenvalue weighted by Crippen LogP contribution is 2.70. The number of hydrogen-bond acceptors (Lipinski definition) is 8. The molecule has 6 heterocycles. The van der Waals surface area contributed by atoms with Gasteiger partial charge in [-0.2, -0.15) is 10.2 Å². The standard InChI is InChI=1S/C35H38F2N10O5/c1-34-13-22-21(12-26(34)35(34,36)37)28(42-41-22)31(50)39-19-14-38-46(15-19)20-16-45(17-20)32(51)18-8-10-44(11-9-18)23-4-3-5-24-29(23)43(2)33(52)47(24)25-6-7-27(48)40-30(25)49/h3-5,14-15,18,20,25-26H,6-13,16-17H2,1-2H3,(H,39,50)(H,41,42)(H,40,48,49)/t25?,26-,34+/m0/s1. The first-order valence-electron chi connectivity index (χ1n) is 17.7. The van der Waals surface area contributed by atoms with Crippen LogP contribution in [0, 0.1) is 17.3 Å². The number of H-pyrrole nitrogens is 1. The third kappa shape index (κ3) is 4.76. The number of alkyl halides is 2. The zero-order valence-corrected chi connectivity index (χ0v) is 28.7. The van der Waals surface area contributed by atoms with Crippen LogP contribution in [0.3, 0.4) is 0 Å². The number of carbonyl (C=O) groups excluding carboxylic acids is 4. The van der Waals surface area contributed by atoms with Gasteiger partial charge >= 0.3 is 5.69 Å². The molecule has 1 aromatic carbocycles. The second-order valence-electron chi connectivity index (χ2n) is 15.1. The number of halogens is 2. The second-order valence-corrected chi connectivity index (χ2v) is 15.1. The van der Waals surface area contributed by atoms with E-state index in [9.17, 15) is 32.8 Å². The van der Waals surface area contributed by atoms with Gasteiger partial charge < -0.3 is 15.1 Å². The third-order valence-corrected chi connectivity index (χ3v) is 12.2. The number of hydrogen-bond donors (Lipinski definition) is 3. The number of benzene rings is 1. The number of nitrogens with zero attached hydrogens (tertiary/aromatic N) is 7. The van der Waals surface area contributed by atoms with E-state index in [1.54, 1.807) is 29.4 Å². The average Bonchev–Trinajstić information content (AvgIpc) is 3.60. The first-order valence-corrected chi connectivity index (χ1v) is 17.7. The molecule has 15 nitrogen and oxygen atoms in total. The van der Waals surface area contributed by atoms with E-state index in [-0.39, 0.29) is 60.8 Å². The number of piperidine rings is 2. The summed E-state index contributed by atoms with van der Waals surface area (Å²) in [5.41, 5.74) is 2.52. The van der Waals surface area contributed by atoms with Gasteiger partial charge in [0.2, 0.25) is 17.7 Å². The summed E-state index contributed by atoms with van der Waals surface area (Å²) in [5.74, 6) is -4.88. The van der Waals surface area contributed by atoms with E-state index >= 15 is 0 Å². The Bertz CT molecular complexity index is 2240. The van der Waals surface area contributed by atoms with Crippen molar-refractivity contribution >= 4 is 46.0 Å². The number of aromatic nitrogens is 6. The molecule has 0 spiro atoms. The molecule has 1 unspecified atom stereocenters. The van der Waals surface area contributed by atoms with E-state index in [0.29, 0.717) is 67.0 Å². The summed E-state index contributed by atoms with van der Waals surface area (Å²) in [6, 6.07) is 4.82. The number of likely N-dealkylation sites (tertiary alicyclic amines) is 1. The smallest absolute Gasteiger partial charge is 0.329 e. The van der Waals surface area contributed by atoms with Crippen LogP contribution in [0.15, 0.2) is 35.4 Å². The molecule has 4 aromatic rings. The minimum absolute atomic E-state index is 0.0464. The van der Waals surface area contributed by atoms with Crippen LogP contribution < -0.4 is 21.2 Å². The SMILES string of the molecule is Cn1c(=O)n(C2CCC(=O)NC2=O)c2cccc(N3CCC(C(=O)N4CC(n5cc(NC(=O)c6n[nH]c7c6C[C@@H]6C(F)(F)[C@]6(C)C7)cn5)C4)CC3)c21. The molecule has 3 atom stereocenters. The molecule has 272 valence electrons. The highest BCUT2D eigenvalue weighted by molar-refractivity contribution is 6.04. The highest BCUT2D eigenvalue weighted by atomic mass is 19.3. The molecule has 2 aliphatic carbocycles. The van der Waals surface area contributed by atoms with Crippen molar-refractivity contribution in [3.8, 4) is 0 Å². The van der Waals surface area contributed by atoms with E-state index < -0.39 is 35.1 Å². The van der Waals surface area contributed by atoms with Crippen LogP contribution >= 0.6 is 0 Å². The molecule has 3 N–H and O–H groups in total. The number of fused-ring (bicyclic) bond motifs is 3. The number of imide groups is 1. The molecule has 0 bridgehead atoms. The third-order valence-electron chi connectivity index (χ3n) is 12.2. The van der Waals surface area contributed by atoms with E-state index in [1.165, 1.54) is 10.8 Å². The molecule has 52 heavy (non-hydrogen) atoms. The monoisotopic (exact) mass is 716 g/mol. The van der Waals surface area contributed by atoms with Gasteiger partial charge in [-0.05, 0) is 37.8 Å². The Labute approximate surface area is 295 Å². The van der Waals surface area contributed by atoms with E-state index in [4.69, 9.17) is 0 Å². The number of aromatic amines is 1. The fourth-order valence-electron chi connectivity index (χ4n) is 8.92. The van der Waals surface area contributed by atoms with Gasteiger partial charge in [0.05, 0.1) is 34.6 Å². The van der Waals surface area contributed by atoms with Crippen LogP contribution in [-0.2, 0) is 34.3 Å². The molecular formula is C35H38F2N10O5. The van der Waals surface area contributed by atoms with Crippen molar-refractivity contribution < 1.29 is 28.0 Å². The van der Waals surface area contributed by atoms with Crippen molar-refractivity contribution in [3.63, 3.8) is 0 Å². The lowest BCUT2D eigenvalue weighted by molar-refractivity contribution is -0.142. The Morgan fingerprint density at radius 2 is 1.85 bits per heavy atom. The number of aryl methyl sites for hydroxylation is 1. The summed E-state index contributed by atoms with van der Waals surface area (Å²) in [4.78, 5) is 68.3. The van der Waals surface area contributed by atoms with Gasteiger partial charge in [0.25, 0.3) is 11.8 Å². The molecule has 3 aromatic heterocycles. The van der Waals surface area contributed by atoms with Gasteiger partial charge in [-0.3, -0.25) is 43.4 Å². The fraction of sp³-hybridized carbons (Fsp3) is 0.514. The molecule has 17 heteroatoms. The minimum Gasteiger partial charge on any atom is -0.370 e. The van der Waals surface area contributed by atoms with E-state index in [1.807, 2.05) is 23.1 Å². The van der Waals surface area contributed by atoms with Gasteiger partial charge in [0.1, 0.15) is 6.04 Å². The maximum Gasteiger partial charge on any atom is 0.329 e. The lowest BCUT2D eigenvalue weighted by Gasteiger charge is -2.42. The highest BCUT2D eigenvalue weighted by Gasteiger charge is 2.78. The molecule has 9 rings (SSSR count). The summed E-state index contributed by atoms with van der Waals surface area (Å²) in [6.07, 6.45) is 5.22. The molecular weight excluding hydrogens is 678 g/mol. The van der Waals surface area contributed by atoms with Crippen LogP contribution in [-0.4, -0.2) is 89.7 Å². The molecule has 0 radical (unpaired) electrons. The minimum atomic E-state index is -2.75. The van der Waals surface area contributed by atoms with Crippen molar-refractivity contribution in [2.24, 2.45) is 24.3 Å². The summed E-state index contributed by atoms with van der Waals surface area (Å²) in [5, 5.41) is 16.5. The topological polar surface area (TPSA) is 172 Å². The van der Waals surface area contributed by atoms with Gasteiger partial charge in [0.15, 0.2) is 5.69 Å². The summed E-state index contributed by atoms with van der Waals surface area (Å²) in [7, 11) is 1.68. The maximum atomic E-state index is 14.3. The van der Waals surface area contributed by atoms with Crippen LogP contribution in [0.5, 0.6) is 0 Å². The van der Waals surface area contributed by atoms with E-state index in [2.05, 4.69) is 30.8 Å². The van der Waals surface area contributed by atoms with Gasteiger partial charge in [-0.1, -0.05) is 13.0 Å². The first-order chi connectivity index (χ1) is 24.9. The van der Waals surface area contributed by atoms with Crippen molar-refractivity contribution in [3.05, 3.63) is 58.0 Å². The summed E-state index contributed by atoms with van der Waals surface area (Å²) in [6.45, 7) is 3.80. The van der Waals surface area contributed by atoms with Gasteiger partial charge in [-0.15, -0.1) is 0 Å². The number of amides is 4. The number of rotatable bonds is 6. The Morgan fingerprint density at radius 3 is 2.60 bits per heavy atom. The van der Waals surface area contributed by atoms with Crippen molar-refractivity contribution in [2.45, 2.75) is 63.5 Å². The first kappa shape index (κ1) is 32.6. The predicted octanol–water partition coefficient (Wildman–Crippen LogP) is 2.16. The maximum absolute atomic E-state index is 14.3. The fourth-order valence-corrected chi connectivity index (χ4v) is 8.92.